The number of para-hydroxylation sites is 1. The number of hydrogen-bond donors (Lipinski definition) is 0. The van der Waals surface area contributed by atoms with Crippen LogP contribution in [0.15, 0.2) is 94.9 Å². The van der Waals surface area contributed by atoms with Crippen molar-refractivity contribution in [3.63, 3.8) is 0 Å². The van der Waals surface area contributed by atoms with Gasteiger partial charge in [-0.25, -0.2) is 0 Å². The number of hydrogen-bond acceptors (Lipinski definition) is 5. The minimum Gasteiger partial charge on any atom is -0.382 e. The number of benzene rings is 3. The van der Waals surface area contributed by atoms with Gasteiger partial charge in [0.25, 0.3) is 5.56 Å². The van der Waals surface area contributed by atoms with Crippen LogP contribution in [0.3, 0.4) is 0 Å². The summed E-state index contributed by atoms with van der Waals surface area (Å²) in [7, 11) is 0. The number of aromatic nitrogens is 4. The van der Waals surface area contributed by atoms with Gasteiger partial charge in [0.1, 0.15) is 0 Å². The van der Waals surface area contributed by atoms with Gasteiger partial charge in [0, 0.05) is 19.8 Å². The van der Waals surface area contributed by atoms with Gasteiger partial charge in [-0.15, -0.1) is 10.2 Å². The van der Waals surface area contributed by atoms with E-state index in [1.54, 1.807) is 16.3 Å². The molecule has 0 unspecified atom stereocenters. The van der Waals surface area contributed by atoms with Crippen molar-refractivity contribution in [2.45, 2.75) is 30.3 Å². The van der Waals surface area contributed by atoms with Crippen molar-refractivity contribution >= 4 is 28.4 Å². The maximum Gasteiger partial charge on any atom is 0.262 e. The highest BCUT2D eigenvalue weighted by Gasteiger charge is 2.22. The highest BCUT2D eigenvalue weighted by molar-refractivity contribution is 7.99. The van der Waals surface area contributed by atoms with E-state index in [0.29, 0.717) is 30.9 Å². The summed E-state index contributed by atoms with van der Waals surface area (Å²) < 4.78 is 9.22. The summed E-state index contributed by atoms with van der Waals surface area (Å²) in [5.74, 6) is 0.558. The Morgan fingerprint density at radius 3 is 2.21 bits per heavy atom. The number of fused-ring (bicyclic) bond motifs is 3. The van der Waals surface area contributed by atoms with Crippen LogP contribution in [0.5, 0.6) is 0 Å². The van der Waals surface area contributed by atoms with Gasteiger partial charge in [0.15, 0.2) is 5.16 Å². The summed E-state index contributed by atoms with van der Waals surface area (Å²) in [5, 5.41) is 10.5. The molecule has 0 aliphatic heterocycles. The van der Waals surface area contributed by atoms with E-state index in [4.69, 9.17) is 4.74 Å². The predicted molar refractivity (Wildman–Crippen MR) is 136 cm³/mol. The number of aryl methyl sites for hydroxylation is 1. The maximum atomic E-state index is 13.3. The fourth-order valence-corrected chi connectivity index (χ4v) is 5.34. The van der Waals surface area contributed by atoms with E-state index in [9.17, 15) is 4.79 Å². The molecule has 0 atom stereocenters. The van der Waals surface area contributed by atoms with Crippen molar-refractivity contribution < 1.29 is 4.74 Å². The summed E-state index contributed by atoms with van der Waals surface area (Å²) in [6.45, 7) is 3.75. The Morgan fingerprint density at radius 2 is 1.53 bits per heavy atom. The molecule has 2 heterocycles. The first kappa shape index (κ1) is 22.4. The SMILES string of the molecule is CCOCCCn1c(=O)c2ccccc2n2c(SC(c3ccccc3)c3ccccc3)nnc12. The van der Waals surface area contributed by atoms with Crippen molar-refractivity contribution in [3.05, 3.63) is 106 Å². The number of ether oxygens (including phenoxy) is 1. The molecule has 3 aromatic carbocycles. The second-order valence-electron chi connectivity index (χ2n) is 7.96. The van der Waals surface area contributed by atoms with Crippen molar-refractivity contribution in [2.75, 3.05) is 13.2 Å². The van der Waals surface area contributed by atoms with E-state index in [1.807, 2.05) is 47.7 Å². The van der Waals surface area contributed by atoms with Crippen LogP contribution >= 0.6 is 11.8 Å². The van der Waals surface area contributed by atoms with Crippen molar-refractivity contribution in [1.82, 2.24) is 19.2 Å². The molecular weight excluding hydrogens is 444 g/mol. The van der Waals surface area contributed by atoms with Gasteiger partial charge in [0.2, 0.25) is 5.78 Å². The predicted octanol–water partition coefficient (Wildman–Crippen LogP) is 5.35. The Labute approximate surface area is 202 Å². The molecular formula is C27H26N4O2S. The Balaban J connectivity index is 1.64. The minimum atomic E-state index is -0.0498. The standard InChI is InChI=1S/C27H26N4O2S/c1-2-33-19-11-18-30-25(32)22-16-9-10-17-23(22)31-26(30)28-29-27(31)34-24(20-12-5-3-6-13-20)21-14-7-4-8-15-21/h3-10,12-17,24H,2,11,18-19H2,1H3. The molecule has 6 nitrogen and oxygen atoms in total. The van der Waals surface area contributed by atoms with Crippen LogP contribution in [-0.4, -0.2) is 32.4 Å². The van der Waals surface area contributed by atoms with Crippen LogP contribution < -0.4 is 5.56 Å². The van der Waals surface area contributed by atoms with Crippen LogP contribution in [0.25, 0.3) is 16.7 Å². The van der Waals surface area contributed by atoms with Gasteiger partial charge in [-0.05, 0) is 36.6 Å². The second-order valence-corrected chi connectivity index (χ2v) is 9.03. The Bertz CT molecular complexity index is 1410. The van der Waals surface area contributed by atoms with E-state index in [-0.39, 0.29) is 10.8 Å². The lowest BCUT2D eigenvalue weighted by molar-refractivity contribution is 0.141. The van der Waals surface area contributed by atoms with Crippen LogP contribution in [0.4, 0.5) is 0 Å². The van der Waals surface area contributed by atoms with Gasteiger partial charge in [0.05, 0.1) is 16.2 Å². The number of thioether (sulfide) groups is 1. The molecule has 172 valence electrons. The van der Waals surface area contributed by atoms with Crippen LogP contribution in [-0.2, 0) is 11.3 Å². The summed E-state index contributed by atoms with van der Waals surface area (Å²) in [4.78, 5) is 13.3. The molecule has 5 rings (SSSR count). The monoisotopic (exact) mass is 470 g/mol. The van der Waals surface area contributed by atoms with E-state index in [0.717, 1.165) is 17.1 Å². The zero-order valence-electron chi connectivity index (χ0n) is 19.0. The molecule has 0 N–H and O–H groups in total. The quantitative estimate of drug-likeness (QED) is 0.215. The van der Waals surface area contributed by atoms with E-state index in [1.165, 1.54) is 11.1 Å². The molecule has 0 saturated heterocycles. The normalized spacial score (nSPS) is 11.6. The Morgan fingerprint density at radius 1 is 0.882 bits per heavy atom. The summed E-state index contributed by atoms with van der Waals surface area (Å²) in [6, 6.07) is 28.5. The fourth-order valence-electron chi connectivity index (χ4n) is 4.17. The molecule has 0 radical (unpaired) electrons. The largest absolute Gasteiger partial charge is 0.382 e. The first-order valence-electron chi connectivity index (χ1n) is 11.5. The van der Waals surface area contributed by atoms with Gasteiger partial charge >= 0.3 is 0 Å². The molecule has 0 fully saturated rings. The molecule has 34 heavy (non-hydrogen) atoms. The molecule has 7 heteroatoms. The van der Waals surface area contributed by atoms with Crippen LogP contribution in [0, 0.1) is 0 Å². The highest BCUT2D eigenvalue weighted by atomic mass is 32.2. The molecule has 0 amide bonds. The molecule has 0 aliphatic carbocycles. The fraction of sp³-hybridized carbons (Fsp3) is 0.222. The van der Waals surface area contributed by atoms with Crippen molar-refractivity contribution in [1.29, 1.82) is 0 Å². The van der Waals surface area contributed by atoms with Crippen LogP contribution in [0.2, 0.25) is 0 Å². The number of rotatable bonds is 9. The molecule has 2 aromatic heterocycles. The first-order valence-corrected chi connectivity index (χ1v) is 12.4. The highest BCUT2D eigenvalue weighted by Crippen LogP contribution is 2.40. The van der Waals surface area contributed by atoms with Gasteiger partial charge in [-0.3, -0.25) is 13.8 Å². The summed E-state index contributed by atoms with van der Waals surface area (Å²) >= 11 is 1.64. The van der Waals surface area contributed by atoms with Gasteiger partial charge < -0.3 is 4.74 Å². The zero-order valence-corrected chi connectivity index (χ0v) is 19.8. The molecule has 0 bridgehead atoms. The lowest BCUT2D eigenvalue weighted by Gasteiger charge is -2.17. The summed E-state index contributed by atoms with van der Waals surface area (Å²) in [5.41, 5.74) is 3.14. The third-order valence-corrected chi connectivity index (χ3v) is 7.04. The maximum absolute atomic E-state index is 13.3. The molecule has 0 saturated carbocycles. The summed E-state index contributed by atoms with van der Waals surface area (Å²) in [6.07, 6.45) is 0.730. The van der Waals surface area contributed by atoms with E-state index in [2.05, 4.69) is 58.7 Å². The first-order chi connectivity index (χ1) is 16.8. The molecule has 5 aromatic rings. The third-order valence-electron chi connectivity index (χ3n) is 5.78. The Hall–Kier alpha value is -3.42. The minimum absolute atomic E-state index is 0.0342. The van der Waals surface area contributed by atoms with Crippen molar-refractivity contribution in [3.8, 4) is 0 Å². The van der Waals surface area contributed by atoms with Gasteiger partial charge in [-0.2, -0.15) is 0 Å². The van der Waals surface area contributed by atoms with E-state index >= 15 is 0 Å². The zero-order chi connectivity index (χ0) is 23.3. The lowest BCUT2D eigenvalue weighted by atomic mass is 10.0. The lowest BCUT2D eigenvalue weighted by Crippen LogP contribution is -2.24. The molecule has 0 aliphatic rings. The third kappa shape index (κ3) is 4.36. The Kier molecular flexibility index (Phi) is 6.74. The smallest absolute Gasteiger partial charge is 0.262 e. The number of nitrogens with zero attached hydrogens (tertiary/aromatic N) is 4. The molecule has 0 spiro atoms. The van der Waals surface area contributed by atoms with E-state index < -0.39 is 0 Å². The topological polar surface area (TPSA) is 61.4 Å². The van der Waals surface area contributed by atoms with Gasteiger partial charge in [-0.1, -0.05) is 84.6 Å². The van der Waals surface area contributed by atoms with Crippen molar-refractivity contribution in [2.24, 2.45) is 0 Å². The average Bonchev–Trinajstić information content (AvgIpc) is 3.31. The van der Waals surface area contributed by atoms with Crippen LogP contribution in [0.1, 0.15) is 29.7 Å². The second kappa shape index (κ2) is 10.2. The average molecular weight is 471 g/mol.